The minimum absolute atomic E-state index is 0.234. The van der Waals surface area contributed by atoms with Gasteiger partial charge in [0.1, 0.15) is 12.4 Å². The van der Waals surface area contributed by atoms with Crippen LogP contribution in [0.2, 0.25) is 0 Å². The molecule has 138 valence electrons. The van der Waals surface area contributed by atoms with E-state index in [1.807, 2.05) is 24.3 Å². The normalized spacial score (nSPS) is 16.1. The number of hydrogen-bond donors (Lipinski definition) is 0. The molecular weight excluding hydrogens is 338 g/mol. The van der Waals surface area contributed by atoms with Crippen LogP contribution in [0.5, 0.6) is 5.75 Å². The predicted octanol–water partition coefficient (Wildman–Crippen LogP) is 5.23. The summed E-state index contributed by atoms with van der Waals surface area (Å²) in [7, 11) is 0. The lowest BCUT2D eigenvalue weighted by Crippen LogP contribution is -2.36. The van der Waals surface area contributed by atoms with E-state index in [9.17, 15) is 4.91 Å². The molecule has 0 unspecified atom stereocenters. The second kappa shape index (κ2) is 7.89. The van der Waals surface area contributed by atoms with E-state index in [-0.39, 0.29) is 12.0 Å². The minimum Gasteiger partial charge on any atom is -0.489 e. The Bertz CT molecular complexity index is 932. The molecule has 0 atom stereocenters. The Labute approximate surface area is 159 Å². The summed E-state index contributed by atoms with van der Waals surface area (Å²) in [4.78, 5) is 11.0. The van der Waals surface area contributed by atoms with Gasteiger partial charge in [-0.1, -0.05) is 53.7 Å². The van der Waals surface area contributed by atoms with Crippen molar-refractivity contribution in [3.63, 3.8) is 0 Å². The number of hydrogen-bond acceptors (Lipinski definition) is 4. The van der Waals surface area contributed by atoms with E-state index >= 15 is 0 Å². The van der Waals surface area contributed by atoms with Crippen LogP contribution in [0.15, 0.2) is 71.9 Å². The van der Waals surface area contributed by atoms with Crippen LogP contribution in [0.3, 0.4) is 0 Å². The van der Waals surface area contributed by atoms with Crippen LogP contribution >= 0.6 is 0 Å². The molecule has 3 aromatic rings. The van der Waals surface area contributed by atoms with Gasteiger partial charge < -0.3 is 9.47 Å². The Morgan fingerprint density at radius 1 is 0.926 bits per heavy atom. The number of nitrogens with zero attached hydrogens (tertiary/aromatic N) is 1. The smallest absolute Gasteiger partial charge is 0.120 e. The first kappa shape index (κ1) is 17.7. The second-order valence-corrected chi connectivity index (χ2v) is 7.18. The van der Waals surface area contributed by atoms with E-state index in [0.717, 1.165) is 29.7 Å². The minimum atomic E-state index is -0.234. The third-order valence-corrected chi connectivity index (χ3v) is 5.48. The lowest BCUT2D eigenvalue weighted by atomic mass is 9.74. The van der Waals surface area contributed by atoms with Gasteiger partial charge in [0.25, 0.3) is 0 Å². The third-order valence-electron chi connectivity index (χ3n) is 5.48. The molecule has 4 nitrogen and oxygen atoms in total. The summed E-state index contributed by atoms with van der Waals surface area (Å²) >= 11 is 0. The summed E-state index contributed by atoms with van der Waals surface area (Å²) in [5, 5.41) is 5.66. The molecule has 1 saturated heterocycles. The lowest BCUT2D eigenvalue weighted by molar-refractivity contribution is 0.0529. The molecule has 1 aliphatic rings. The molecule has 0 bridgehead atoms. The first-order valence-corrected chi connectivity index (χ1v) is 9.37. The molecule has 0 amide bonds. The van der Waals surface area contributed by atoms with Crippen molar-refractivity contribution in [1.82, 2.24) is 0 Å². The molecular formula is C23H23NO3. The summed E-state index contributed by atoms with van der Waals surface area (Å²) in [5.74, 6) is 0.817. The van der Waals surface area contributed by atoms with Crippen molar-refractivity contribution in [1.29, 1.82) is 0 Å². The summed E-state index contributed by atoms with van der Waals surface area (Å²) in [6, 6.07) is 22.8. The van der Waals surface area contributed by atoms with Crippen LogP contribution in [0.1, 0.15) is 24.0 Å². The topological polar surface area (TPSA) is 47.9 Å². The monoisotopic (exact) mass is 361 g/mol. The van der Waals surface area contributed by atoms with Crippen molar-refractivity contribution in [2.75, 3.05) is 19.8 Å². The number of ether oxygens (including phenoxy) is 2. The van der Waals surface area contributed by atoms with E-state index < -0.39 is 0 Å². The van der Waals surface area contributed by atoms with Crippen LogP contribution in [-0.4, -0.2) is 19.8 Å². The van der Waals surface area contributed by atoms with Gasteiger partial charge in [-0.25, -0.2) is 0 Å². The third kappa shape index (κ3) is 3.86. The summed E-state index contributed by atoms with van der Waals surface area (Å²) in [6.07, 6.45) is 1.62. The fourth-order valence-corrected chi connectivity index (χ4v) is 3.83. The first-order chi connectivity index (χ1) is 13.3. The molecule has 0 aliphatic carbocycles. The fraction of sp³-hybridized carbons (Fsp3) is 0.304. The van der Waals surface area contributed by atoms with Crippen molar-refractivity contribution in [3.05, 3.63) is 82.8 Å². The molecule has 1 aliphatic heterocycles. The van der Waals surface area contributed by atoms with Crippen molar-refractivity contribution in [3.8, 4) is 5.75 Å². The van der Waals surface area contributed by atoms with Gasteiger partial charge in [0.2, 0.25) is 0 Å². The van der Waals surface area contributed by atoms with Crippen LogP contribution in [-0.2, 0) is 16.8 Å². The molecule has 0 saturated carbocycles. The molecule has 1 fully saturated rings. The molecule has 0 aromatic heterocycles. The largest absolute Gasteiger partial charge is 0.489 e. The van der Waals surface area contributed by atoms with Gasteiger partial charge in [-0.15, -0.1) is 0 Å². The average molecular weight is 361 g/mol. The molecule has 3 aromatic carbocycles. The fourth-order valence-electron chi connectivity index (χ4n) is 3.83. The molecule has 27 heavy (non-hydrogen) atoms. The highest BCUT2D eigenvalue weighted by Gasteiger charge is 2.35. The molecule has 0 spiro atoms. The molecule has 0 radical (unpaired) electrons. The summed E-state index contributed by atoms with van der Waals surface area (Å²) in [6.45, 7) is 2.12. The Balaban J connectivity index is 1.52. The van der Waals surface area contributed by atoms with Crippen LogP contribution in [0, 0.1) is 4.91 Å². The maximum absolute atomic E-state index is 11.0. The highest BCUT2D eigenvalue weighted by molar-refractivity contribution is 5.82. The highest BCUT2D eigenvalue weighted by atomic mass is 16.5. The van der Waals surface area contributed by atoms with Crippen molar-refractivity contribution < 1.29 is 9.47 Å². The first-order valence-electron chi connectivity index (χ1n) is 9.37. The van der Waals surface area contributed by atoms with Crippen molar-refractivity contribution >= 4 is 10.8 Å². The number of rotatable bonds is 6. The Morgan fingerprint density at radius 2 is 1.74 bits per heavy atom. The Morgan fingerprint density at radius 3 is 2.56 bits per heavy atom. The van der Waals surface area contributed by atoms with Crippen LogP contribution < -0.4 is 4.74 Å². The van der Waals surface area contributed by atoms with Gasteiger partial charge >= 0.3 is 0 Å². The molecule has 0 N–H and O–H groups in total. The summed E-state index contributed by atoms with van der Waals surface area (Å²) < 4.78 is 11.5. The predicted molar refractivity (Wildman–Crippen MR) is 107 cm³/mol. The van der Waals surface area contributed by atoms with Crippen LogP contribution in [0.4, 0.5) is 0 Å². The Kier molecular flexibility index (Phi) is 5.16. The highest BCUT2D eigenvalue weighted by Crippen LogP contribution is 2.36. The zero-order valence-electron chi connectivity index (χ0n) is 15.3. The van der Waals surface area contributed by atoms with Crippen molar-refractivity contribution in [2.45, 2.75) is 24.9 Å². The maximum Gasteiger partial charge on any atom is 0.120 e. The van der Waals surface area contributed by atoms with E-state index in [1.165, 1.54) is 10.8 Å². The zero-order valence-corrected chi connectivity index (χ0v) is 15.3. The number of nitroso groups, excluding NO2 is 1. The van der Waals surface area contributed by atoms with Gasteiger partial charge in [0, 0.05) is 18.6 Å². The standard InChI is InChI=1S/C23H23NO3/c25-24-17-23(10-12-26-13-11-23)21-6-3-7-22(15-21)27-16-18-8-9-19-4-1-2-5-20(19)14-18/h1-9,14-15H,10-13,16-17H2. The van der Waals surface area contributed by atoms with Gasteiger partial charge in [-0.3, -0.25) is 0 Å². The van der Waals surface area contributed by atoms with E-state index in [1.54, 1.807) is 0 Å². The second-order valence-electron chi connectivity index (χ2n) is 7.18. The average Bonchev–Trinajstić information content (AvgIpc) is 2.73. The number of fused-ring (bicyclic) bond motifs is 1. The van der Waals surface area contributed by atoms with Crippen molar-refractivity contribution in [2.24, 2.45) is 5.18 Å². The summed E-state index contributed by atoms with van der Waals surface area (Å²) in [5.41, 5.74) is 2.01. The van der Waals surface area contributed by atoms with E-state index in [4.69, 9.17) is 9.47 Å². The lowest BCUT2D eigenvalue weighted by Gasteiger charge is -2.35. The number of benzene rings is 3. The maximum atomic E-state index is 11.0. The SMILES string of the molecule is O=NCC1(c2cccc(OCc3ccc4ccccc4c3)c2)CCOCC1. The van der Waals surface area contributed by atoms with Gasteiger partial charge in [-0.05, 0) is 52.9 Å². The quantitative estimate of drug-likeness (QED) is 0.565. The molecule has 4 heteroatoms. The van der Waals surface area contributed by atoms with Crippen LogP contribution in [0.25, 0.3) is 10.8 Å². The van der Waals surface area contributed by atoms with Gasteiger partial charge in [0.15, 0.2) is 0 Å². The molecule has 4 rings (SSSR count). The van der Waals surface area contributed by atoms with E-state index in [2.05, 4.69) is 47.6 Å². The van der Waals surface area contributed by atoms with Gasteiger partial charge in [-0.2, -0.15) is 4.91 Å². The Hall–Kier alpha value is -2.72. The zero-order chi connectivity index (χ0) is 18.5. The van der Waals surface area contributed by atoms with Gasteiger partial charge in [0.05, 0.1) is 6.54 Å². The van der Waals surface area contributed by atoms with E-state index in [0.29, 0.717) is 19.8 Å². The molecule has 1 heterocycles.